The van der Waals surface area contributed by atoms with Crippen molar-refractivity contribution in [3.05, 3.63) is 34.6 Å². The molecule has 2 fully saturated rings. The van der Waals surface area contributed by atoms with Gasteiger partial charge in [0.15, 0.2) is 0 Å². The van der Waals surface area contributed by atoms with E-state index in [1.807, 2.05) is 0 Å². The van der Waals surface area contributed by atoms with E-state index in [0.717, 1.165) is 19.1 Å². The summed E-state index contributed by atoms with van der Waals surface area (Å²) in [6.07, 6.45) is 5.02. The van der Waals surface area contributed by atoms with Crippen LogP contribution in [0.25, 0.3) is 0 Å². The Kier molecular flexibility index (Phi) is 4.06. The molecule has 19 heavy (non-hydrogen) atoms. The predicted octanol–water partition coefficient (Wildman–Crippen LogP) is 3.20. The number of rotatable bonds is 5. The molecule has 1 aromatic carbocycles. The van der Waals surface area contributed by atoms with E-state index in [4.69, 9.17) is 11.6 Å². The van der Waals surface area contributed by atoms with E-state index < -0.39 is 0 Å². The SMILES string of the molecule is Fc1cccc(Cl)c1CN1CCCC1CNC1CC1. The number of hydrogen-bond acceptors (Lipinski definition) is 2. The fraction of sp³-hybridized carbons (Fsp3) is 0.600. The summed E-state index contributed by atoms with van der Waals surface area (Å²) in [7, 11) is 0. The smallest absolute Gasteiger partial charge is 0.129 e. The van der Waals surface area contributed by atoms with Crippen LogP contribution in [0, 0.1) is 5.82 Å². The molecule has 1 heterocycles. The standard InChI is InChI=1S/C15H20ClFN2/c16-14-4-1-5-15(17)13(14)10-19-8-2-3-12(19)9-18-11-6-7-11/h1,4-5,11-12,18H,2-3,6-10H2. The number of likely N-dealkylation sites (tertiary alicyclic amines) is 1. The molecule has 1 atom stereocenters. The van der Waals surface area contributed by atoms with Gasteiger partial charge in [-0.3, -0.25) is 4.90 Å². The molecule has 1 unspecified atom stereocenters. The van der Waals surface area contributed by atoms with Crippen LogP contribution in [0.3, 0.4) is 0 Å². The van der Waals surface area contributed by atoms with Gasteiger partial charge in [0, 0.05) is 35.8 Å². The van der Waals surface area contributed by atoms with Crippen LogP contribution >= 0.6 is 11.6 Å². The first-order chi connectivity index (χ1) is 9.24. The molecule has 1 aromatic rings. The molecule has 0 aromatic heterocycles. The number of nitrogens with zero attached hydrogens (tertiary/aromatic N) is 1. The summed E-state index contributed by atoms with van der Waals surface area (Å²) in [6, 6.07) is 6.19. The van der Waals surface area contributed by atoms with Crippen molar-refractivity contribution in [2.75, 3.05) is 13.1 Å². The van der Waals surface area contributed by atoms with Gasteiger partial charge in [-0.2, -0.15) is 0 Å². The van der Waals surface area contributed by atoms with Crippen molar-refractivity contribution >= 4 is 11.6 Å². The molecule has 0 radical (unpaired) electrons. The van der Waals surface area contributed by atoms with Crippen molar-refractivity contribution in [2.24, 2.45) is 0 Å². The number of halogens is 2. The van der Waals surface area contributed by atoms with E-state index in [1.165, 1.54) is 31.7 Å². The summed E-state index contributed by atoms with van der Waals surface area (Å²) >= 11 is 6.11. The highest BCUT2D eigenvalue weighted by molar-refractivity contribution is 6.31. The zero-order valence-corrected chi connectivity index (χ0v) is 11.8. The Bertz CT molecular complexity index is 428. The fourth-order valence-electron chi connectivity index (χ4n) is 2.81. The maximum Gasteiger partial charge on any atom is 0.129 e. The first-order valence-corrected chi connectivity index (χ1v) is 7.52. The number of nitrogens with one attached hydrogen (secondary N) is 1. The second kappa shape index (κ2) is 5.78. The van der Waals surface area contributed by atoms with Crippen LogP contribution in [0.2, 0.25) is 5.02 Å². The van der Waals surface area contributed by atoms with E-state index in [2.05, 4.69) is 10.2 Å². The summed E-state index contributed by atoms with van der Waals surface area (Å²) in [5.41, 5.74) is 0.641. The Morgan fingerprint density at radius 2 is 2.16 bits per heavy atom. The average Bonchev–Trinajstić information content (AvgIpc) is 3.11. The Morgan fingerprint density at radius 3 is 2.89 bits per heavy atom. The molecule has 0 amide bonds. The second-order valence-electron chi connectivity index (χ2n) is 5.65. The van der Waals surface area contributed by atoms with E-state index in [0.29, 0.717) is 23.2 Å². The molecule has 0 bridgehead atoms. The van der Waals surface area contributed by atoms with Gasteiger partial charge in [-0.25, -0.2) is 4.39 Å². The van der Waals surface area contributed by atoms with Gasteiger partial charge in [-0.15, -0.1) is 0 Å². The van der Waals surface area contributed by atoms with Crippen LogP contribution in [-0.4, -0.2) is 30.1 Å². The Hall–Kier alpha value is -0.640. The molecule has 1 saturated heterocycles. The summed E-state index contributed by atoms with van der Waals surface area (Å²) in [5, 5.41) is 4.12. The quantitative estimate of drug-likeness (QED) is 0.892. The van der Waals surface area contributed by atoms with Gasteiger partial charge < -0.3 is 5.32 Å². The largest absolute Gasteiger partial charge is 0.312 e. The average molecular weight is 283 g/mol. The van der Waals surface area contributed by atoms with E-state index >= 15 is 0 Å². The van der Waals surface area contributed by atoms with Crippen molar-refractivity contribution in [2.45, 2.75) is 44.3 Å². The maximum atomic E-state index is 13.8. The van der Waals surface area contributed by atoms with Crippen molar-refractivity contribution < 1.29 is 4.39 Å². The lowest BCUT2D eigenvalue weighted by Crippen LogP contribution is -2.38. The Morgan fingerprint density at radius 1 is 1.32 bits per heavy atom. The van der Waals surface area contributed by atoms with Crippen molar-refractivity contribution in [3.8, 4) is 0 Å². The molecule has 2 aliphatic rings. The lowest BCUT2D eigenvalue weighted by molar-refractivity contribution is 0.236. The molecule has 1 saturated carbocycles. The summed E-state index contributed by atoms with van der Waals surface area (Å²) in [5.74, 6) is -0.187. The molecule has 1 aliphatic carbocycles. The minimum atomic E-state index is -0.187. The maximum absolute atomic E-state index is 13.8. The second-order valence-corrected chi connectivity index (χ2v) is 6.06. The molecule has 0 spiro atoms. The molecule has 1 N–H and O–H groups in total. The number of hydrogen-bond donors (Lipinski definition) is 1. The van der Waals surface area contributed by atoms with Crippen LogP contribution < -0.4 is 5.32 Å². The zero-order valence-electron chi connectivity index (χ0n) is 11.0. The lowest BCUT2D eigenvalue weighted by atomic mass is 10.1. The van der Waals surface area contributed by atoms with Gasteiger partial charge >= 0.3 is 0 Å². The minimum Gasteiger partial charge on any atom is -0.312 e. The van der Waals surface area contributed by atoms with E-state index in [-0.39, 0.29) is 5.82 Å². The van der Waals surface area contributed by atoms with Gasteiger partial charge in [0.2, 0.25) is 0 Å². The Balaban J connectivity index is 1.63. The van der Waals surface area contributed by atoms with Crippen LogP contribution in [0.4, 0.5) is 4.39 Å². The molecule has 2 nitrogen and oxygen atoms in total. The highest BCUT2D eigenvalue weighted by Gasteiger charge is 2.28. The molecule has 104 valence electrons. The van der Waals surface area contributed by atoms with Crippen LogP contribution in [-0.2, 0) is 6.54 Å². The third kappa shape index (κ3) is 3.28. The fourth-order valence-corrected chi connectivity index (χ4v) is 3.03. The van der Waals surface area contributed by atoms with Crippen molar-refractivity contribution in [1.29, 1.82) is 0 Å². The summed E-state index contributed by atoms with van der Waals surface area (Å²) in [4.78, 5) is 2.36. The lowest BCUT2D eigenvalue weighted by Gasteiger charge is -2.25. The molecule has 4 heteroatoms. The minimum absolute atomic E-state index is 0.187. The Labute approximate surface area is 118 Å². The predicted molar refractivity (Wildman–Crippen MR) is 75.9 cm³/mol. The van der Waals surface area contributed by atoms with Gasteiger partial charge in [-0.05, 0) is 44.4 Å². The molecule has 1 aliphatic heterocycles. The monoisotopic (exact) mass is 282 g/mol. The normalized spacial score (nSPS) is 24.0. The van der Waals surface area contributed by atoms with Gasteiger partial charge in [0.05, 0.1) is 0 Å². The summed E-state index contributed by atoms with van der Waals surface area (Å²) < 4.78 is 13.8. The zero-order chi connectivity index (χ0) is 13.2. The molecular formula is C15H20ClFN2. The van der Waals surface area contributed by atoms with Crippen LogP contribution in [0.1, 0.15) is 31.2 Å². The van der Waals surface area contributed by atoms with Gasteiger partial charge in [0.25, 0.3) is 0 Å². The van der Waals surface area contributed by atoms with Crippen LogP contribution in [0.5, 0.6) is 0 Å². The first kappa shape index (κ1) is 13.3. The highest BCUT2D eigenvalue weighted by atomic mass is 35.5. The topological polar surface area (TPSA) is 15.3 Å². The third-order valence-electron chi connectivity index (χ3n) is 4.14. The molecular weight excluding hydrogens is 263 g/mol. The third-order valence-corrected chi connectivity index (χ3v) is 4.50. The van der Waals surface area contributed by atoms with Gasteiger partial charge in [-0.1, -0.05) is 17.7 Å². The first-order valence-electron chi connectivity index (χ1n) is 7.14. The van der Waals surface area contributed by atoms with E-state index in [9.17, 15) is 4.39 Å². The van der Waals surface area contributed by atoms with Crippen molar-refractivity contribution in [3.63, 3.8) is 0 Å². The molecule has 3 rings (SSSR count). The van der Waals surface area contributed by atoms with Gasteiger partial charge in [0.1, 0.15) is 5.82 Å². The summed E-state index contributed by atoms with van der Waals surface area (Å²) in [6.45, 7) is 2.70. The van der Waals surface area contributed by atoms with Crippen LogP contribution in [0.15, 0.2) is 18.2 Å². The van der Waals surface area contributed by atoms with E-state index in [1.54, 1.807) is 12.1 Å². The number of benzene rings is 1. The highest BCUT2D eigenvalue weighted by Crippen LogP contribution is 2.26. The van der Waals surface area contributed by atoms with Crippen molar-refractivity contribution in [1.82, 2.24) is 10.2 Å².